The molecule has 0 aromatic heterocycles. The molecule has 0 saturated heterocycles. The van der Waals surface area contributed by atoms with E-state index in [9.17, 15) is 9.00 Å². The van der Waals surface area contributed by atoms with Crippen LogP contribution in [0.15, 0.2) is 0 Å². The highest BCUT2D eigenvalue weighted by molar-refractivity contribution is 7.84. The van der Waals surface area contributed by atoms with E-state index in [1.807, 2.05) is 6.92 Å². The molecular formula is C10H22N2O2S. The van der Waals surface area contributed by atoms with Crippen molar-refractivity contribution in [3.8, 4) is 0 Å². The first-order valence-electron chi connectivity index (χ1n) is 5.17. The van der Waals surface area contributed by atoms with Gasteiger partial charge >= 0.3 is 0 Å². The molecule has 2 unspecified atom stereocenters. The Morgan fingerprint density at radius 2 is 2.07 bits per heavy atom. The molecule has 0 aromatic rings. The summed E-state index contributed by atoms with van der Waals surface area (Å²) in [4.78, 5) is 12.8. The molecule has 0 aliphatic carbocycles. The lowest BCUT2D eigenvalue weighted by Crippen LogP contribution is -2.32. The number of nitrogens with one attached hydrogen (secondary N) is 1. The van der Waals surface area contributed by atoms with Gasteiger partial charge in [-0.05, 0) is 13.3 Å². The van der Waals surface area contributed by atoms with Crippen LogP contribution in [0, 0.1) is 0 Å². The minimum Gasteiger partial charge on any atom is -0.349 e. The fourth-order valence-corrected chi connectivity index (χ4v) is 1.78. The van der Waals surface area contributed by atoms with Gasteiger partial charge in [0.1, 0.15) is 0 Å². The Labute approximate surface area is 94.9 Å². The van der Waals surface area contributed by atoms with Crippen molar-refractivity contribution >= 4 is 16.7 Å². The van der Waals surface area contributed by atoms with Gasteiger partial charge in [0.25, 0.3) is 0 Å². The molecule has 0 aliphatic heterocycles. The fraction of sp³-hybridized carbons (Fsp3) is 0.900. The second kappa shape index (κ2) is 7.82. The Kier molecular flexibility index (Phi) is 7.60. The normalized spacial score (nSPS) is 14.7. The van der Waals surface area contributed by atoms with Gasteiger partial charge in [0.05, 0.1) is 0 Å². The molecule has 0 heterocycles. The molecule has 0 fully saturated rings. The van der Waals surface area contributed by atoms with Crippen molar-refractivity contribution < 1.29 is 9.00 Å². The summed E-state index contributed by atoms with van der Waals surface area (Å²) in [7, 11) is 2.79. The second-order valence-corrected chi connectivity index (χ2v) is 5.51. The van der Waals surface area contributed by atoms with Gasteiger partial charge in [-0.3, -0.25) is 9.00 Å². The van der Waals surface area contributed by atoms with Gasteiger partial charge in [0, 0.05) is 55.9 Å². The minimum atomic E-state index is -0.723. The molecule has 2 atom stereocenters. The third kappa shape index (κ3) is 8.57. The lowest BCUT2D eigenvalue weighted by molar-refractivity contribution is -0.128. The summed E-state index contributed by atoms with van der Waals surface area (Å²) in [6.07, 6.45) is 3.12. The molecule has 1 amide bonds. The Hall–Kier alpha value is -0.420. The van der Waals surface area contributed by atoms with Crippen LogP contribution in [0.3, 0.4) is 0 Å². The van der Waals surface area contributed by atoms with E-state index in [2.05, 4.69) is 5.32 Å². The van der Waals surface area contributed by atoms with Crippen molar-refractivity contribution in [2.45, 2.75) is 25.8 Å². The quantitative estimate of drug-likeness (QED) is 0.685. The van der Waals surface area contributed by atoms with Crippen molar-refractivity contribution in [1.82, 2.24) is 10.2 Å². The van der Waals surface area contributed by atoms with Gasteiger partial charge in [-0.25, -0.2) is 0 Å². The zero-order valence-corrected chi connectivity index (χ0v) is 10.9. The topological polar surface area (TPSA) is 49.4 Å². The van der Waals surface area contributed by atoms with E-state index >= 15 is 0 Å². The van der Waals surface area contributed by atoms with E-state index in [-0.39, 0.29) is 5.91 Å². The van der Waals surface area contributed by atoms with E-state index in [0.717, 1.165) is 12.2 Å². The molecular weight excluding hydrogens is 212 g/mol. The van der Waals surface area contributed by atoms with Gasteiger partial charge in [0.15, 0.2) is 0 Å². The number of nitrogens with zero attached hydrogens (tertiary/aromatic N) is 1. The fourth-order valence-electron chi connectivity index (χ4n) is 1.09. The van der Waals surface area contributed by atoms with E-state index in [1.54, 1.807) is 25.3 Å². The van der Waals surface area contributed by atoms with Gasteiger partial charge in [-0.15, -0.1) is 0 Å². The summed E-state index contributed by atoms with van der Waals surface area (Å²) in [5, 5.41) is 3.24. The number of amides is 1. The van der Waals surface area contributed by atoms with Crippen LogP contribution in [-0.4, -0.2) is 53.7 Å². The molecule has 0 saturated carbocycles. The van der Waals surface area contributed by atoms with Crippen LogP contribution < -0.4 is 5.32 Å². The molecule has 0 bridgehead atoms. The van der Waals surface area contributed by atoms with Crippen LogP contribution in [0.1, 0.15) is 19.8 Å². The molecule has 5 heteroatoms. The van der Waals surface area contributed by atoms with E-state index < -0.39 is 10.8 Å². The molecule has 15 heavy (non-hydrogen) atoms. The smallest absolute Gasteiger partial charge is 0.223 e. The van der Waals surface area contributed by atoms with Crippen LogP contribution in [-0.2, 0) is 15.6 Å². The predicted molar refractivity (Wildman–Crippen MR) is 64.3 cm³/mol. The summed E-state index contributed by atoms with van der Waals surface area (Å²) in [5.74, 6) is 0.851. The van der Waals surface area contributed by atoms with Crippen molar-refractivity contribution in [1.29, 1.82) is 0 Å². The van der Waals surface area contributed by atoms with Gasteiger partial charge in [0.2, 0.25) is 5.91 Å². The SMILES string of the molecule is CC(CCS(C)=O)NCCC(=O)N(C)C. The highest BCUT2D eigenvalue weighted by Gasteiger charge is 2.06. The van der Waals surface area contributed by atoms with Crippen molar-refractivity contribution in [3.05, 3.63) is 0 Å². The Morgan fingerprint density at radius 1 is 1.47 bits per heavy atom. The van der Waals surface area contributed by atoms with Gasteiger partial charge in [-0.2, -0.15) is 0 Å². The standard InChI is InChI=1S/C10H22N2O2S/c1-9(6-8-15(4)14)11-7-5-10(13)12(2)3/h9,11H,5-8H2,1-4H3. The average Bonchev–Trinajstić information content (AvgIpc) is 2.14. The van der Waals surface area contributed by atoms with Gasteiger partial charge in [-0.1, -0.05) is 0 Å². The number of hydrogen-bond acceptors (Lipinski definition) is 3. The maximum Gasteiger partial charge on any atom is 0.223 e. The highest BCUT2D eigenvalue weighted by Crippen LogP contribution is 1.93. The van der Waals surface area contributed by atoms with E-state index in [0.29, 0.717) is 19.0 Å². The maximum absolute atomic E-state index is 11.2. The predicted octanol–water partition coefficient (Wildman–Crippen LogP) is 0.211. The molecule has 0 rings (SSSR count). The lowest BCUT2D eigenvalue weighted by Gasteiger charge is -2.14. The van der Waals surface area contributed by atoms with Crippen molar-refractivity contribution in [2.75, 3.05) is 32.6 Å². The largest absolute Gasteiger partial charge is 0.349 e. The van der Waals surface area contributed by atoms with Crippen LogP contribution in [0.5, 0.6) is 0 Å². The molecule has 0 aromatic carbocycles. The molecule has 4 nitrogen and oxygen atoms in total. The summed E-state index contributed by atoms with van der Waals surface area (Å²) in [5.41, 5.74) is 0. The summed E-state index contributed by atoms with van der Waals surface area (Å²) in [6.45, 7) is 2.74. The molecule has 1 N–H and O–H groups in total. The molecule has 90 valence electrons. The van der Waals surface area contributed by atoms with Crippen molar-refractivity contribution in [3.63, 3.8) is 0 Å². The lowest BCUT2D eigenvalue weighted by atomic mass is 10.2. The molecule has 0 aliphatic rings. The first-order chi connectivity index (χ1) is 6.93. The second-order valence-electron chi connectivity index (χ2n) is 3.96. The number of hydrogen-bond donors (Lipinski definition) is 1. The zero-order valence-electron chi connectivity index (χ0n) is 10.1. The molecule has 0 spiro atoms. The highest BCUT2D eigenvalue weighted by atomic mass is 32.2. The van der Waals surface area contributed by atoms with E-state index in [1.165, 1.54) is 0 Å². The Bertz CT molecular complexity index is 219. The Morgan fingerprint density at radius 3 is 2.53 bits per heavy atom. The Balaban J connectivity index is 3.50. The van der Waals surface area contributed by atoms with Gasteiger partial charge < -0.3 is 10.2 Å². The first-order valence-corrected chi connectivity index (χ1v) is 6.89. The van der Waals surface area contributed by atoms with Crippen LogP contribution in [0.4, 0.5) is 0 Å². The number of rotatable bonds is 7. The summed E-state index contributed by atoms with van der Waals surface area (Å²) < 4.78 is 10.8. The zero-order chi connectivity index (χ0) is 11.8. The summed E-state index contributed by atoms with van der Waals surface area (Å²) in [6, 6.07) is 0.323. The first kappa shape index (κ1) is 14.6. The van der Waals surface area contributed by atoms with Crippen LogP contribution in [0.25, 0.3) is 0 Å². The van der Waals surface area contributed by atoms with Crippen LogP contribution in [0.2, 0.25) is 0 Å². The summed E-state index contributed by atoms with van der Waals surface area (Å²) >= 11 is 0. The monoisotopic (exact) mass is 234 g/mol. The number of carbonyl (C=O) groups is 1. The molecule has 0 radical (unpaired) electrons. The van der Waals surface area contributed by atoms with E-state index in [4.69, 9.17) is 0 Å². The van der Waals surface area contributed by atoms with Crippen molar-refractivity contribution in [2.24, 2.45) is 0 Å². The third-order valence-electron chi connectivity index (χ3n) is 2.17. The average molecular weight is 234 g/mol. The van der Waals surface area contributed by atoms with Crippen LogP contribution >= 0.6 is 0 Å². The third-order valence-corrected chi connectivity index (χ3v) is 2.98. The minimum absolute atomic E-state index is 0.133. The maximum atomic E-state index is 11.2. The number of carbonyl (C=O) groups excluding carboxylic acids is 1.